The van der Waals surface area contributed by atoms with Gasteiger partial charge in [0.25, 0.3) is 5.56 Å². The van der Waals surface area contributed by atoms with Gasteiger partial charge in [-0.2, -0.15) is 4.98 Å². The fraction of sp³-hybridized carbons (Fsp3) is 0.542. The van der Waals surface area contributed by atoms with Gasteiger partial charge >= 0.3 is 5.97 Å². The van der Waals surface area contributed by atoms with Crippen LogP contribution in [0.5, 0.6) is 0 Å². The van der Waals surface area contributed by atoms with E-state index in [9.17, 15) is 14.0 Å². The number of esters is 1. The zero-order chi connectivity index (χ0) is 23.1. The van der Waals surface area contributed by atoms with Crippen LogP contribution in [0, 0.1) is 5.82 Å². The smallest absolute Gasteiger partial charge is 0.329 e. The van der Waals surface area contributed by atoms with Crippen LogP contribution in [0.25, 0.3) is 0 Å². The Morgan fingerprint density at radius 3 is 2.59 bits per heavy atom. The summed E-state index contributed by atoms with van der Waals surface area (Å²) in [6.45, 7) is 8.86. The van der Waals surface area contributed by atoms with Crippen molar-refractivity contribution in [2.24, 2.45) is 0 Å². The van der Waals surface area contributed by atoms with Crippen molar-refractivity contribution in [3.63, 3.8) is 0 Å². The first-order chi connectivity index (χ1) is 15.5. The Morgan fingerprint density at radius 2 is 1.94 bits per heavy atom. The van der Waals surface area contributed by atoms with Gasteiger partial charge in [0.05, 0.1) is 6.61 Å². The number of carbonyl (C=O) groups excluding carboxylic acids is 1. The largest absolute Gasteiger partial charge is 0.464 e. The molecule has 0 saturated heterocycles. The van der Waals surface area contributed by atoms with Gasteiger partial charge in [0, 0.05) is 23.6 Å². The summed E-state index contributed by atoms with van der Waals surface area (Å²) >= 11 is 1.40. The fourth-order valence-electron chi connectivity index (χ4n) is 4.13. The predicted octanol–water partition coefficient (Wildman–Crippen LogP) is 4.00. The lowest BCUT2D eigenvalue weighted by Crippen LogP contribution is -2.33. The summed E-state index contributed by atoms with van der Waals surface area (Å²) in [5, 5.41) is 0.526. The number of ether oxygens (including phenoxy) is 1. The zero-order valence-electron chi connectivity index (χ0n) is 19.1. The van der Waals surface area contributed by atoms with Crippen LogP contribution >= 0.6 is 11.8 Å². The molecule has 3 rings (SSSR count). The highest BCUT2D eigenvalue weighted by Gasteiger charge is 2.31. The summed E-state index contributed by atoms with van der Waals surface area (Å²) < 4.78 is 20.7. The molecule has 0 spiro atoms. The molecule has 1 aliphatic rings. The van der Waals surface area contributed by atoms with E-state index in [4.69, 9.17) is 4.74 Å². The highest BCUT2D eigenvalue weighted by molar-refractivity contribution is 7.98. The van der Waals surface area contributed by atoms with Crippen LogP contribution in [-0.4, -0.2) is 46.7 Å². The van der Waals surface area contributed by atoms with Crippen LogP contribution in [-0.2, 0) is 28.1 Å². The van der Waals surface area contributed by atoms with Gasteiger partial charge in [-0.05, 0) is 63.4 Å². The maximum atomic E-state index is 13.3. The van der Waals surface area contributed by atoms with Gasteiger partial charge in [0.1, 0.15) is 11.9 Å². The number of rotatable bonds is 11. The van der Waals surface area contributed by atoms with E-state index < -0.39 is 6.04 Å². The van der Waals surface area contributed by atoms with Gasteiger partial charge < -0.3 is 14.2 Å². The molecule has 1 aromatic carbocycles. The van der Waals surface area contributed by atoms with Gasteiger partial charge in [-0.15, -0.1) is 0 Å². The lowest BCUT2D eigenvalue weighted by molar-refractivity contribution is -0.147. The van der Waals surface area contributed by atoms with Crippen molar-refractivity contribution in [1.82, 2.24) is 14.5 Å². The average molecular weight is 462 g/mol. The predicted molar refractivity (Wildman–Crippen MR) is 125 cm³/mol. The highest BCUT2D eigenvalue weighted by atomic mass is 32.2. The summed E-state index contributed by atoms with van der Waals surface area (Å²) in [4.78, 5) is 32.4. The first-order valence-corrected chi connectivity index (χ1v) is 12.4. The molecule has 32 heavy (non-hydrogen) atoms. The van der Waals surface area contributed by atoms with Crippen LogP contribution in [0.3, 0.4) is 0 Å². The van der Waals surface area contributed by atoms with Crippen molar-refractivity contribution in [1.29, 1.82) is 0 Å². The second-order valence-electron chi connectivity index (χ2n) is 7.85. The molecule has 1 atom stereocenters. The maximum absolute atomic E-state index is 13.3. The van der Waals surface area contributed by atoms with E-state index in [0.29, 0.717) is 35.9 Å². The van der Waals surface area contributed by atoms with Crippen LogP contribution in [0.4, 0.5) is 4.39 Å². The molecular formula is C24H32FN3O3S. The van der Waals surface area contributed by atoms with E-state index in [2.05, 4.69) is 23.7 Å². The molecule has 2 aromatic rings. The average Bonchev–Trinajstić information content (AvgIpc) is 3.28. The standard InChI is InChI=1S/C24H32FN3O3S/c1-4-27(5-2)15-14-21(23(30)31-6-3)28-20-9-7-8-19(20)22(29)26-24(28)32-16-17-10-12-18(25)13-11-17/h10-13,21H,4-9,14-16H2,1-3H3. The van der Waals surface area contributed by atoms with Crippen molar-refractivity contribution >= 4 is 17.7 Å². The van der Waals surface area contributed by atoms with Gasteiger partial charge in [0.2, 0.25) is 0 Å². The zero-order valence-corrected chi connectivity index (χ0v) is 19.9. The Balaban J connectivity index is 1.99. The molecule has 0 amide bonds. The first-order valence-electron chi connectivity index (χ1n) is 11.4. The van der Waals surface area contributed by atoms with E-state index in [1.54, 1.807) is 19.1 Å². The molecule has 0 N–H and O–H groups in total. The number of halogens is 1. The summed E-state index contributed by atoms with van der Waals surface area (Å²) in [5.74, 6) is -0.0511. The molecule has 1 heterocycles. The molecule has 0 radical (unpaired) electrons. The van der Waals surface area contributed by atoms with Crippen molar-refractivity contribution in [3.05, 3.63) is 57.3 Å². The Morgan fingerprint density at radius 1 is 1.22 bits per heavy atom. The molecule has 6 nitrogen and oxygen atoms in total. The Kier molecular flexibility index (Phi) is 8.87. The normalized spacial score (nSPS) is 13.9. The van der Waals surface area contributed by atoms with Gasteiger partial charge in [-0.25, -0.2) is 9.18 Å². The number of nitrogens with zero attached hydrogens (tertiary/aromatic N) is 3. The third-order valence-electron chi connectivity index (χ3n) is 5.91. The molecule has 0 fully saturated rings. The van der Waals surface area contributed by atoms with Gasteiger partial charge in [0.15, 0.2) is 5.16 Å². The summed E-state index contributed by atoms with van der Waals surface area (Å²) in [7, 11) is 0. The number of hydrogen-bond donors (Lipinski definition) is 0. The monoisotopic (exact) mass is 461 g/mol. The summed E-state index contributed by atoms with van der Waals surface area (Å²) in [6, 6.07) is 5.75. The van der Waals surface area contributed by atoms with Gasteiger partial charge in [-0.3, -0.25) is 4.79 Å². The lowest BCUT2D eigenvalue weighted by atomic mass is 10.1. The minimum atomic E-state index is -0.536. The SMILES string of the molecule is CCOC(=O)C(CCN(CC)CC)n1c(SCc2ccc(F)cc2)nc(=O)c2c1CCC2. The second-order valence-corrected chi connectivity index (χ2v) is 8.79. The van der Waals surface area contributed by atoms with E-state index >= 15 is 0 Å². The van der Waals surface area contributed by atoms with E-state index in [1.807, 2.05) is 4.57 Å². The molecule has 8 heteroatoms. The minimum absolute atomic E-state index is 0.207. The topological polar surface area (TPSA) is 64.4 Å². The van der Waals surface area contributed by atoms with Gasteiger partial charge in [-0.1, -0.05) is 37.7 Å². The summed E-state index contributed by atoms with van der Waals surface area (Å²) in [6.07, 6.45) is 2.90. The Hall–Kier alpha value is -2.19. The molecule has 0 bridgehead atoms. The molecular weight excluding hydrogens is 429 g/mol. The Labute approximate surface area is 193 Å². The number of aromatic nitrogens is 2. The van der Waals surface area contributed by atoms with E-state index in [1.165, 1.54) is 23.9 Å². The van der Waals surface area contributed by atoms with Crippen LogP contribution in [0.15, 0.2) is 34.2 Å². The molecule has 1 aromatic heterocycles. The number of fused-ring (bicyclic) bond motifs is 1. The molecule has 1 aliphatic carbocycles. The number of carbonyl (C=O) groups is 1. The van der Waals surface area contributed by atoms with E-state index in [0.717, 1.165) is 43.7 Å². The van der Waals surface area contributed by atoms with E-state index in [-0.39, 0.29) is 17.3 Å². The number of hydrogen-bond acceptors (Lipinski definition) is 6. The van der Waals surface area contributed by atoms with Crippen molar-refractivity contribution in [3.8, 4) is 0 Å². The highest BCUT2D eigenvalue weighted by Crippen LogP contribution is 2.31. The fourth-order valence-corrected chi connectivity index (χ4v) is 5.15. The number of thioether (sulfide) groups is 1. The van der Waals surface area contributed by atoms with Crippen molar-refractivity contribution in [2.75, 3.05) is 26.2 Å². The quantitative estimate of drug-likeness (QED) is 0.286. The lowest BCUT2D eigenvalue weighted by Gasteiger charge is -2.27. The van der Waals surface area contributed by atoms with Crippen molar-refractivity contribution < 1.29 is 13.9 Å². The third kappa shape index (κ3) is 5.78. The molecule has 1 unspecified atom stereocenters. The first kappa shape index (κ1) is 24.5. The van der Waals surface area contributed by atoms with Crippen molar-refractivity contribution in [2.45, 2.75) is 63.4 Å². The number of benzene rings is 1. The van der Waals surface area contributed by atoms with Crippen LogP contribution in [0.2, 0.25) is 0 Å². The second kappa shape index (κ2) is 11.6. The summed E-state index contributed by atoms with van der Waals surface area (Å²) in [5.41, 5.74) is 2.34. The van der Waals surface area contributed by atoms with Crippen LogP contribution < -0.4 is 5.56 Å². The molecule has 0 aliphatic heterocycles. The molecule has 0 saturated carbocycles. The Bertz CT molecular complexity index is 974. The van der Waals surface area contributed by atoms with Crippen LogP contribution in [0.1, 0.15) is 56.5 Å². The maximum Gasteiger partial charge on any atom is 0.329 e. The third-order valence-corrected chi connectivity index (χ3v) is 6.93. The minimum Gasteiger partial charge on any atom is -0.464 e. The molecule has 174 valence electrons.